The fourth-order valence-corrected chi connectivity index (χ4v) is 2.93. The van der Waals surface area contributed by atoms with Crippen LogP contribution in [-0.4, -0.2) is 25.0 Å². The van der Waals surface area contributed by atoms with Gasteiger partial charge in [-0.25, -0.2) is 4.79 Å². The quantitative estimate of drug-likeness (QED) is 0.772. The van der Waals surface area contributed by atoms with Gasteiger partial charge in [-0.2, -0.15) is 0 Å². The molecule has 1 aliphatic heterocycles. The van der Waals surface area contributed by atoms with E-state index in [0.29, 0.717) is 12.1 Å². The van der Waals surface area contributed by atoms with E-state index in [1.807, 2.05) is 24.3 Å². The van der Waals surface area contributed by atoms with Crippen LogP contribution in [0.4, 0.5) is 5.69 Å². The molecule has 23 heavy (non-hydrogen) atoms. The molecular formula is C18H16BrNO3. The fourth-order valence-electron chi connectivity index (χ4n) is 2.67. The number of ether oxygens (including phenoxy) is 1. The van der Waals surface area contributed by atoms with Crippen molar-refractivity contribution < 1.29 is 14.3 Å². The molecule has 0 saturated carbocycles. The van der Waals surface area contributed by atoms with Gasteiger partial charge in [-0.05, 0) is 48.7 Å². The van der Waals surface area contributed by atoms with E-state index in [4.69, 9.17) is 4.74 Å². The number of esters is 1. The van der Waals surface area contributed by atoms with Crippen molar-refractivity contribution in [2.24, 2.45) is 0 Å². The minimum Gasteiger partial charge on any atom is -0.452 e. The topological polar surface area (TPSA) is 46.6 Å². The summed E-state index contributed by atoms with van der Waals surface area (Å²) >= 11 is 3.31. The Hall–Kier alpha value is -2.14. The first-order valence-corrected chi connectivity index (χ1v) is 8.25. The standard InChI is InChI=1S/C18H16BrNO3/c19-15-9-7-14(8-10-15)18(22)23-12-17(21)20-11-3-5-13-4-1-2-6-16(13)20/h1-2,4,6-10H,3,5,11-12H2. The highest BCUT2D eigenvalue weighted by molar-refractivity contribution is 9.10. The van der Waals surface area contributed by atoms with Crippen LogP contribution in [0.1, 0.15) is 22.3 Å². The zero-order valence-electron chi connectivity index (χ0n) is 12.5. The number of hydrogen-bond acceptors (Lipinski definition) is 3. The number of aryl methyl sites for hydroxylation is 1. The van der Waals surface area contributed by atoms with Crippen LogP contribution in [0.25, 0.3) is 0 Å². The summed E-state index contributed by atoms with van der Waals surface area (Å²) in [5, 5.41) is 0. The normalized spacial score (nSPS) is 13.3. The highest BCUT2D eigenvalue weighted by Gasteiger charge is 2.23. The first kappa shape index (κ1) is 15.7. The highest BCUT2D eigenvalue weighted by Crippen LogP contribution is 2.26. The van der Waals surface area contributed by atoms with Gasteiger partial charge in [0.1, 0.15) is 0 Å². The Morgan fingerprint density at radius 3 is 2.61 bits per heavy atom. The molecular weight excluding hydrogens is 358 g/mol. The van der Waals surface area contributed by atoms with Crippen LogP contribution in [-0.2, 0) is 16.0 Å². The lowest BCUT2D eigenvalue weighted by Gasteiger charge is -2.29. The Morgan fingerprint density at radius 2 is 1.83 bits per heavy atom. The van der Waals surface area contributed by atoms with Gasteiger partial charge in [0.15, 0.2) is 6.61 Å². The van der Waals surface area contributed by atoms with E-state index in [2.05, 4.69) is 15.9 Å². The molecule has 2 aromatic carbocycles. The second-order valence-corrected chi connectivity index (χ2v) is 6.28. The Kier molecular flexibility index (Phi) is 4.76. The maximum Gasteiger partial charge on any atom is 0.338 e. The maximum atomic E-state index is 12.4. The molecule has 1 amide bonds. The zero-order chi connectivity index (χ0) is 16.2. The summed E-state index contributed by atoms with van der Waals surface area (Å²) in [4.78, 5) is 26.1. The minimum atomic E-state index is -0.490. The number of anilines is 1. The van der Waals surface area contributed by atoms with Gasteiger partial charge < -0.3 is 9.64 Å². The molecule has 4 nitrogen and oxygen atoms in total. The van der Waals surface area contributed by atoms with Crippen LogP contribution in [0, 0.1) is 0 Å². The third kappa shape index (κ3) is 3.62. The molecule has 0 aliphatic carbocycles. The van der Waals surface area contributed by atoms with Gasteiger partial charge in [-0.1, -0.05) is 34.1 Å². The lowest BCUT2D eigenvalue weighted by Crippen LogP contribution is -2.38. The van der Waals surface area contributed by atoms with Crippen molar-refractivity contribution >= 4 is 33.5 Å². The van der Waals surface area contributed by atoms with Gasteiger partial charge >= 0.3 is 5.97 Å². The number of fused-ring (bicyclic) bond motifs is 1. The van der Waals surface area contributed by atoms with E-state index in [1.54, 1.807) is 29.2 Å². The summed E-state index contributed by atoms with van der Waals surface area (Å²) in [5.74, 6) is -0.682. The van der Waals surface area contributed by atoms with Crippen molar-refractivity contribution in [1.82, 2.24) is 0 Å². The number of halogens is 1. The third-order valence-electron chi connectivity index (χ3n) is 3.82. The first-order valence-electron chi connectivity index (χ1n) is 7.46. The summed E-state index contributed by atoms with van der Waals surface area (Å²) in [6.45, 7) is 0.412. The van der Waals surface area contributed by atoms with E-state index in [1.165, 1.54) is 0 Å². The molecule has 5 heteroatoms. The van der Waals surface area contributed by atoms with Crippen molar-refractivity contribution in [2.45, 2.75) is 12.8 Å². The second kappa shape index (κ2) is 6.96. The Morgan fingerprint density at radius 1 is 1.09 bits per heavy atom. The second-order valence-electron chi connectivity index (χ2n) is 5.36. The van der Waals surface area contributed by atoms with Crippen LogP contribution in [0.5, 0.6) is 0 Å². The van der Waals surface area contributed by atoms with Gasteiger partial charge in [-0.15, -0.1) is 0 Å². The zero-order valence-corrected chi connectivity index (χ0v) is 14.1. The summed E-state index contributed by atoms with van der Waals surface area (Å²) in [5.41, 5.74) is 2.51. The molecule has 0 aromatic heterocycles. The van der Waals surface area contributed by atoms with Crippen molar-refractivity contribution in [2.75, 3.05) is 18.1 Å². The number of carbonyl (C=O) groups excluding carboxylic acids is 2. The van der Waals surface area contributed by atoms with Crippen molar-refractivity contribution in [1.29, 1.82) is 0 Å². The van der Waals surface area contributed by atoms with Crippen LogP contribution in [0.2, 0.25) is 0 Å². The van der Waals surface area contributed by atoms with Gasteiger partial charge in [0.05, 0.1) is 5.56 Å². The molecule has 1 aliphatic rings. The molecule has 0 unspecified atom stereocenters. The molecule has 0 atom stereocenters. The average Bonchev–Trinajstić information content (AvgIpc) is 2.59. The molecule has 2 aromatic rings. The first-order chi connectivity index (χ1) is 11.1. The molecule has 1 heterocycles. The van der Waals surface area contributed by atoms with Crippen LogP contribution >= 0.6 is 15.9 Å². The van der Waals surface area contributed by atoms with Crippen molar-refractivity contribution in [3.63, 3.8) is 0 Å². The summed E-state index contributed by atoms with van der Waals surface area (Å²) < 4.78 is 6.04. The lowest BCUT2D eigenvalue weighted by molar-refractivity contribution is -0.121. The Bertz CT molecular complexity index is 727. The molecule has 0 bridgehead atoms. The minimum absolute atomic E-state index is 0.192. The number of rotatable bonds is 3. The van der Waals surface area contributed by atoms with Crippen molar-refractivity contribution in [3.8, 4) is 0 Å². The van der Waals surface area contributed by atoms with Crippen molar-refractivity contribution in [3.05, 3.63) is 64.1 Å². The predicted molar refractivity (Wildman–Crippen MR) is 91.5 cm³/mol. The van der Waals surface area contributed by atoms with Crippen LogP contribution in [0.3, 0.4) is 0 Å². The van der Waals surface area contributed by atoms with Gasteiger partial charge in [-0.3, -0.25) is 4.79 Å². The number of hydrogen-bond donors (Lipinski definition) is 0. The number of benzene rings is 2. The van der Waals surface area contributed by atoms with E-state index in [0.717, 1.165) is 28.6 Å². The number of amides is 1. The van der Waals surface area contributed by atoms with E-state index >= 15 is 0 Å². The highest BCUT2D eigenvalue weighted by atomic mass is 79.9. The maximum absolute atomic E-state index is 12.4. The summed E-state index contributed by atoms with van der Waals surface area (Å²) in [6.07, 6.45) is 1.89. The van der Waals surface area contributed by atoms with E-state index in [-0.39, 0.29) is 12.5 Å². The molecule has 118 valence electrons. The van der Waals surface area contributed by atoms with E-state index in [9.17, 15) is 9.59 Å². The Labute approximate surface area is 143 Å². The molecule has 0 radical (unpaired) electrons. The SMILES string of the molecule is O=C(OCC(=O)N1CCCc2ccccc21)c1ccc(Br)cc1. The summed E-state index contributed by atoms with van der Waals surface area (Å²) in [7, 11) is 0. The fraction of sp³-hybridized carbons (Fsp3) is 0.222. The third-order valence-corrected chi connectivity index (χ3v) is 4.35. The van der Waals surface area contributed by atoms with Gasteiger partial charge in [0, 0.05) is 16.7 Å². The number of carbonyl (C=O) groups is 2. The summed E-state index contributed by atoms with van der Waals surface area (Å²) in [6, 6.07) is 14.7. The van der Waals surface area contributed by atoms with E-state index < -0.39 is 5.97 Å². The molecule has 0 fully saturated rings. The Balaban J connectivity index is 1.64. The monoisotopic (exact) mass is 373 g/mol. The molecule has 3 rings (SSSR count). The largest absolute Gasteiger partial charge is 0.452 e. The number of para-hydroxylation sites is 1. The average molecular weight is 374 g/mol. The van der Waals surface area contributed by atoms with Crippen LogP contribution in [0.15, 0.2) is 53.0 Å². The molecule has 0 spiro atoms. The van der Waals surface area contributed by atoms with Gasteiger partial charge in [0.25, 0.3) is 5.91 Å². The lowest BCUT2D eigenvalue weighted by atomic mass is 10.0. The number of nitrogens with zero attached hydrogens (tertiary/aromatic N) is 1. The van der Waals surface area contributed by atoms with Gasteiger partial charge in [0.2, 0.25) is 0 Å². The predicted octanol–water partition coefficient (Wildman–Crippen LogP) is 3.59. The van der Waals surface area contributed by atoms with Crippen LogP contribution < -0.4 is 4.90 Å². The molecule has 0 saturated heterocycles. The smallest absolute Gasteiger partial charge is 0.338 e. The molecule has 0 N–H and O–H groups in total.